The second-order valence-corrected chi connectivity index (χ2v) is 7.42. The maximum Gasteiger partial charge on any atom is 0.335 e. The number of hydrogen-bond donors (Lipinski definition) is 1. The van der Waals surface area contributed by atoms with Crippen LogP contribution in [-0.4, -0.2) is 34.7 Å². The second kappa shape index (κ2) is 7.16. The molecule has 0 amide bonds. The van der Waals surface area contributed by atoms with E-state index >= 15 is 0 Å². The van der Waals surface area contributed by atoms with Crippen molar-refractivity contribution in [2.24, 2.45) is 0 Å². The molecule has 1 aliphatic rings. The van der Waals surface area contributed by atoms with Crippen LogP contribution in [0.15, 0.2) is 48.5 Å². The Bertz CT molecular complexity index is 758. The first kappa shape index (κ1) is 17.9. The van der Waals surface area contributed by atoms with Crippen molar-refractivity contribution in [1.29, 1.82) is 0 Å². The highest BCUT2D eigenvalue weighted by molar-refractivity contribution is 6.31. The molecule has 0 bridgehead atoms. The van der Waals surface area contributed by atoms with Crippen molar-refractivity contribution in [3.63, 3.8) is 0 Å². The zero-order valence-corrected chi connectivity index (χ0v) is 15.2. The van der Waals surface area contributed by atoms with Gasteiger partial charge in [0.15, 0.2) is 0 Å². The monoisotopic (exact) mass is 359 g/mol. The highest BCUT2D eigenvalue weighted by Crippen LogP contribution is 2.34. The lowest BCUT2D eigenvalue weighted by atomic mass is 9.97. The van der Waals surface area contributed by atoms with Gasteiger partial charge in [0, 0.05) is 29.2 Å². The average Bonchev–Trinajstić information content (AvgIpc) is 2.58. The van der Waals surface area contributed by atoms with Crippen molar-refractivity contribution < 1.29 is 14.6 Å². The minimum atomic E-state index is -0.906. The van der Waals surface area contributed by atoms with Gasteiger partial charge in [0.1, 0.15) is 0 Å². The number of carbonyl (C=O) groups is 1. The smallest absolute Gasteiger partial charge is 0.335 e. The van der Waals surface area contributed by atoms with Crippen LogP contribution in [0.25, 0.3) is 0 Å². The molecule has 1 N–H and O–H groups in total. The molecule has 3 rings (SSSR count). The Hall–Kier alpha value is -1.88. The van der Waals surface area contributed by atoms with E-state index in [9.17, 15) is 4.79 Å². The van der Waals surface area contributed by atoms with Crippen LogP contribution in [-0.2, 0) is 11.3 Å². The summed E-state index contributed by atoms with van der Waals surface area (Å²) in [4.78, 5) is 13.4. The highest BCUT2D eigenvalue weighted by Gasteiger charge is 2.36. The first-order valence-electron chi connectivity index (χ1n) is 8.30. The first-order valence-corrected chi connectivity index (χ1v) is 8.68. The van der Waals surface area contributed by atoms with Gasteiger partial charge < -0.3 is 9.84 Å². The molecule has 1 unspecified atom stereocenters. The molecule has 2 aromatic carbocycles. The van der Waals surface area contributed by atoms with Gasteiger partial charge in [-0.25, -0.2) is 4.79 Å². The molecule has 0 aromatic heterocycles. The number of aromatic carboxylic acids is 1. The van der Waals surface area contributed by atoms with E-state index in [2.05, 4.69) is 18.7 Å². The number of nitrogens with zero attached hydrogens (tertiary/aromatic N) is 1. The number of ether oxygens (including phenoxy) is 1. The SMILES string of the molecule is CC1(C)COC(c2ccccc2Cl)CN1Cc1ccc(C(=O)O)cc1. The lowest BCUT2D eigenvalue weighted by Crippen LogP contribution is -2.53. The van der Waals surface area contributed by atoms with E-state index in [1.165, 1.54) is 0 Å². The van der Waals surface area contributed by atoms with Crippen LogP contribution < -0.4 is 0 Å². The fourth-order valence-electron chi connectivity index (χ4n) is 3.07. The van der Waals surface area contributed by atoms with Gasteiger partial charge in [-0.2, -0.15) is 0 Å². The second-order valence-electron chi connectivity index (χ2n) is 7.02. The van der Waals surface area contributed by atoms with E-state index in [0.29, 0.717) is 12.2 Å². The number of carboxylic acids is 1. The Labute approximate surface area is 153 Å². The minimum Gasteiger partial charge on any atom is -0.478 e. The van der Waals surface area contributed by atoms with Crippen LogP contribution in [0.1, 0.15) is 41.4 Å². The third kappa shape index (κ3) is 4.03. The van der Waals surface area contributed by atoms with Crippen LogP contribution in [0.2, 0.25) is 5.02 Å². The molecule has 0 aliphatic carbocycles. The van der Waals surface area contributed by atoms with Crippen molar-refractivity contribution in [2.45, 2.75) is 32.0 Å². The van der Waals surface area contributed by atoms with Crippen molar-refractivity contribution >= 4 is 17.6 Å². The lowest BCUT2D eigenvalue weighted by molar-refractivity contribution is -0.104. The minimum absolute atomic E-state index is 0.0694. The molecule has 5 heteroatoms. The quantitative estimate of drug-likeness (QED) is 0.879. The van der Waals surface area contributed by atoms with Gasteiger partial charge in [0.2, 0.25) is 0 Å². The molecular weight excluding hydrogens is 338 g/mol. The molecule has 1 fully saturated rings. The molecule has 0 radical (unpaired) electrons. The van der Waals surface area contributed by atoms with Gasteiger partial charge in [-0.15, -0.1) is 0 Å². The summed E-state index contributed by atoms with van der Waals surface area (Å²) >= 11 is 6.33. The Balaban J connectivity index is 1.78. The van der Waals surface area contributed by atoms with Crippen LogP contribution in [0.3, 0.4) is 0 Å². The normalized spacial score (nSPS) is 20.4. The number of benzene rings is 2. The number of carboxylic acid groups (broad SMARTS) is 1. The van der Waals surface area contributed by atoms with E-state index in [0.717, 1.165) is 29.2 Å². The molecule has 1 heterocycles. The van der Waals surface area contributed by atoms with Crippen LogP contribution in [0.4, 0.5) is 0 Å². The third-order valence-corrected chi connectivity index (χ3v) is 5.05. The van der Waals surface area contributed by atoms with Crippen LogP contribution in [0.5, 0.6) is 0 Å². The van der Waals surface area contributed by atoms with Crippen molar-refractivity contribution in [3.8, 4) is 0 Å². The summed E-state index contributed by atoms with van der Waals surface area (Å²) in [6.45, 7) is 6.38. The van der Waals surface area contributed by atoms with Gasteiger partial charge in [-0.1, -0.05) is 41.9 Å². The largest absolute Gasteiger partial charge is 0.478 e. The van der Waals surface area contributed by atoms with E-state index in [-0.39, 0.29) is 11.6 Å². The Morgan fingerprint density at radius 1 is 1.24 bits per heavy atom. The fraction of sp³-hybridized carbons (Fsp3) is 0.350. The molecular formula is C20H22ClNO3. The van der Waals surface area contributed by atoms with Gasteiger partial charge >= 0.3 is 5.97 Å². The summed E-state index contributed by atoms with van der Waals surface area (Å²) in [7, 11) is 0. The topological polar surface area (TPSA) is 49.8 Å². The van der Waals surface area contributed by atoms with Gasteiger partial charge in [-0.3, -0.25) is 4.90 Å². The Kier molecular flexibility index (Phi) is 5.13. The molecule has 25 heavy (non-hydrogen) atoms. The summed E-state index contributed by atoms with van der Waals surface area (Å²) in [5.41, 5.74) is 2.28. The number of morpholine rings is 1. The van der Waals surface area contributed by atoms with Crippen LogP contribution in [0, 0.1) is 0 Å². The van der Waals surface area contributed by atoms with Crippen LogP contribution >= 0.6 is 11.6 Å². The Morgan fingerprint density at radius 3 is 2.56 bits per heavy atom. The van der Waals surface area contributed by atoms with Crippen molar-refractivity contribution in [1.82, 2.24) is 4.90 Å². The maximum atomic E-state index is 11.0. The maximum absolute atomic E-state index is 11.0. The summed E-state index contributed by atoms with van der Waals surface area (Å²) in [6.07, 6.45) is -0.0694. The van der Waals surface area contributed by atoms with E-state index in [1.54, 1.807) is 12.1 Å². The van der Waals surface area contributed by atoms with Gasteiger partial charge in [-0.05, 0) is 37.6 Å². The van der Waals surface area contributed by atoms with Gasteiger partial charge in [0.25, 0.3) is 0 Å². The average molecular weight is 360 g/mol. The standard InChI is InChI=1S/C20H22ClNO3/c1-20(2)13-25-18(16-5-3-4-6-17(16)21)12-22(20)11-14-7-9-15(10-8-14)19(23)24/h3-10,18H,11-13H2,1-2H3,(H,23,24). The molecule has 132 valence electrons. The zero-order valence-electron chi connectivity index (χ0n) is 14.4. The molecule has 1 saturated heterocycles. The summed E-state index contributed by atoms with van der Waals surface area (Å²) in [6, 6.07) is 14.8. The first-order chi connectivity index (χ1) is 11.9. The van der Waals surface area contributed by atoms with Crippen molar-refractivity contribution in [3.05, 3.63) is 70.2 Å². The number of halogens is 1. The zero-order chi connectivity index (χ0) is 18.0. The lowest BCUT2D eigenvalue weighted by Gasteiger charge is -2.45. The number of hydrogen-bond acceptors (Lipinski definition) is 3. The van der Waals surface area contributed by atoms with Gasteiger partial charge in [0.05, 0.1) is 18.3 Å². The number of rotatable bonds is 4. The predicted molar refractivity (Wildman–Crippen MR) is 98.0 cm³/mol. The van der Waals surface area contributed by atoms with Crippen molar-refractivity contribution in [2.75, 3.05) is 13.2 Å². The third-order valence-electron chi connectivity index (χ3n) is 4.71. The molecule has 1 aliphatic heterocycles. The fourth-order valence-corrected chi connectivity index (χ4v) is 3.33. The summed E-state index contributed by atoms with van der Waals surface area (Å²) in [5.74, 6) is -0.906. The predicted octanol–water partition coefficient (Wildman–Crippen LogP) is 4.39. The highest BCUT2D eigenvalue weighted by atomic mass is 35.5. The van der Waals surface area contributed by atoms with E-state index < -0.39 is 5.97 Å². The van der Waals surface area contributed by atoms with E-state index in [4.69, 9.17) is 21.4 Å². The molecule has 0 saturated carbocycles. The summed E-state index contributed by atoms with van der Waals surface area (Å²) < 4.78 is 6.07. The summed E-state index contributed by atoms with van der Waals surface area (Å²) in [5, 5.41) is 9.75. The molecule has 1 atom stereocenters. The molecule has 0 spiro atoms. The molecule has 4 nitrogen and oxygen atoms in total. The van der Waals surface area contributed by atoms with E-state index in [1.807, 2.05) is 36.4 Å². The molecule has 2 aromatic rings. The Morgan fingerprint density at radius 2 is 1.92 bits per heavy atom.